The minimum Gasteiger partial charge on any atom is -0.314 e. The summed E-state index contributed by atoms with van der Waals surface area (Å²) in [6, 6.07) is 0.212. The molecular formula is C12H22ClFN2. The van der Waals surface area contributed by atoms with Gasteiger partial charge in [-0.3, -0.25) is 4.90 Å². The molecule has 0 aromatic carbocycles. The van der Waals surface area contributed by atoms with E-state index in [0.717, 1.165) is 19.5 Å². The van der Waals surface area contributed by atoms with Crippen LogP contribution in [0.25, 0.3) is 0 Å². The normalized spacial score (nSPS) is 38.1. The van der Waals surface area contributed by atoms with Gasteiger partial charge in [-0.15, -0.1) is 12.4 Å². The summed E-state index contributed by atoms with van der Waals surface area (Å²) < 4.78 is 13.8. The zero-order chi connectivity index (χ0) is 10.3. The highest BCUT2D eigenvalue weighted by Crippen LogP contribution is 2.52. The maximum absolute atomic E-state index is 13.8. The van der Waals surface area contributed by atoms with Crippen LogP contribution in [0.2, 0.25) is 0 Å². The highest BCUT2D eigenvalue weighted by atomic mass is 35.5. The maximum Gasteiger partial charge on any atom is 0.128 e. The molecule has 2 heterocycles. The van der Waals surface area contributed by atoms with Gasteiger partial charge in [-0.05, 0) is 50.6 Å². The van der Waals surface area contributed by atoms with E-state index in [-0.39, 0.29) is 18.4 Å². The summed E-state index contributed by atoms with van der Waals surface area (Å²) in [6.45, 7) is 3.87. The lowest BCUT2D eigenvalue weighted by Crippen LogP contribution is -2.54. The van der Waals surface area contributed by atoms with Gasteiger partial charge >= 0.3 is 0 Å². The van der Waals surface area contributed by atoms with Gasteiger partial charge in [-0.25, -0.2) is 4.39 Å². The fraction of sp³-hybridized carbons (Fsp3) is 1.00. The third-order valence-corrected chi connectivity index (χ3v) is 4.49. The summed E-state index contributed by atoms with van der Waals surface area (Å²) in [4.78, 5) is 2.45. The molecule has 1 spiro atoms. The zero-order valence-electron chi connectivity index (χ0n) is 9.75. The molecule has 0 radical (unpaired) electrons. The molecule has 4 heteroatoms. The Bertz CT molecular complexity index is 245. The number of alkyl halides is 1. The Labute approximate surface area is 103 Å². The molecule has 94 valence electrons. The van der Waals surface area contributed by atoms with Crippen molar-refractivity contribution in [1.82, 2.24) is 10.2 Å². The number of nitrogens with zero attached hydrogens (tertiary/aromatic N) is 1. The van der Waals surface area contributed by atoms with E-state index in [0.29, 0.717) is 12.0 Å². The van der Waals surface area contributed by atoms with Gasteiger partial charge in [0, 0.05) is 19.1 Å². The number of hydrogen-bond acceptors (Lipinski definition) is 2. The van der Waals surface area contributed by atoms with E-state index in [1.165, 1.54) is 32.2 Å². The quantitative estimate of drug-likeness (QED) is 0.764. The number of halogens is 2. The first-order valence-corrected chi connectivity index (χ1v) is 6.38. The van der Waals surface area contributed by atoms with Crippen molar-refractivity contribution >= 4 is 12.4 Å². The monoisotopic (exact) mass is 248 g/mol. The van der Waals surface area contributed by atoms with E-state index in [9.17, 15) is 4.39 Å². The van der Waals surface area contributed by atoms with Crippen LogP contribution in [0.1, 0.15) is 32.1 Å². The molecule has 1 saturated carbocycles. The molecule has 0 aromatic heterocycles. The second-order valence-electron chi connectivity index (χ2n) is 5.65. The van der Waals surface area contributed by atoms with E-state index < -0.39 is 6.17 Å². The van der Waals surface area contributed by atoms with Gasteiger partial charge in [0.1, 0.15) is 6.17 Å². The third kappa shape index (κ3) is 2.36. The van der Waals surface area contributed by atoms with Crippen molar-refractivity contribution in [3.63, 3.8) is 0 Å². The van der Waals surface area contributed by atoms with E-state index in [1.807, 2.05) is 0 Å². The molecule has 3 rings (SSSR count). The molecule has 0 aromatic rings. The number of hydrogen-bond donors (Lipinski definition) is 1. The van der Waals surface area contributed by atoms with Crippen LogP contribution in [0.4, 0.5) is 4.39 Å². The Hall–Kier alpha value is 0.140. The van der Waals surface area contributed by atoms with Gasteiger partial charge < -0.3 is 5.32 Å². The maximum atomic E-state index is 13.8. The summed E-state index contributed by atoms with van der Waals surface area (Å²) >= 11 is 0. The van der Waals surface area contributed by atoms with Crippen LogP contribution in [0, 0.1) is 5.41 Å². The molecule has 2 nitrogen and oxygen atoms in total. The first-order chi connectivity index (χ1) is 7.29. The molecule has 0 amide bonds. The largest absolute Gasteiger partial charge is 0.314 e. The summed E-state index contributed by atoms with van der Waals surface area (Å²) in [7, 11) is 0. The summed E-state index contributed by atoms with van der Waals surface area (Å²) in [5.74, 6) is 0. The Morgan fingerprint density at radius 3 is 2.75 bits per heavy atom. The van der Waals surface area contributed by atoms with Gasteiger partial charge in [0.05, 0.1) is 0 Å². The number of piperidine rings is 2. The molecule has 3 fully saturated rings. The van der Waals surface area contributed by atoms with E-state index in [4.69, 9.17) is 0 Å². The topological polar surface area (TPSA) is 15.3 Å². The number of likely N-dealkylation sites (tertiary alicyclic amines) is 1. The smallest absolute Gasteiger partial charge is 0.128 e. The van der Waals surface area contributed by atoms with Crippen molar-refractivity contribution in [1.29, 1.82) is 0 Å². The summed E-state index contributed by atoms with van der Waals surface area (Å²) in [5.41, 5.74) is 0.628. The molecule has 1 aliphatic carbocycles. The summed E-state index contributed by atoms with van der Waals surface area (Å²) in [5, 5.41) is 3.14. The standard InChI is InChI=1S/C12H21FN2.ClH/c13-10-8-14-6-2-11(10)15-7-1-3-12(9-15)4-5-12;/h10-11,14H,1-9H2;1H. The first-order valence-electron chi connectivity index (χ1n) is 6.38. The van der Waals surface area contributed by atoms with Gasteiger partial charge in [-0.2, -0.15) is 0 Å². The van der Waals surface area contributed by atoms with Gasteiger partial charge in [-0.1, -0.05) is 0 Å². The third-order valence-electron chi connectivity index (χ3n) is 4.49. The second-order valence-corrected chi connectivity index (χ2v) is 5.65. The molecule has 2 atom stereocenters. The van der Waals surface area contributed by atoms with Crippen molar-refractivity contribution in [3.8, 4) is 0 Å². The molecule has 2 unspecified atom stereocenters. The molecule has 2 aliphatic heterocycles. The zero-order valence-corrected chi connectivity index (χ0v) is 10.6. The van der Waals surface area contributed by atoms with Crippen molar-refractivity contribution in [2.24, 2.45) is 5.41 Å². The highest BCUT2D eigenvalue weighted by molar-refractivity contribution is 5.85. The number of rotatable bonds is 1. The average Bonchev–Trinajstić information content (AvgIpc) is 2.98. The fourth-order valence-electron chi connectivity index (χ4n) is 3.33. The molecule has 3 aliphatic rings. The predicted octanol–water partition coefficient (Wildman–Crippen LogP) is 1.98. The van der Waals surface area contributed by atoms with Crippen LogP contribution < -0.4 is 5.32 Å². The van der Waals surface area contributed by atoms with Crippen LogP contribution >= 0.6 is 12.4 Å². The minimum absolute atomic E-state index is 0. The van der Waals surface area contributed by atoms with Crippen LogP contribution in [0.5, 0.6) is 0 Å². The number of nitrogens with one attached hydrogen (secondary N) is 1. The Balaban J connectivity index is 0.000000963. The second kappa shape index (κ2) is 4.79. The van der Waals surface area contributed by atoms with Crippen LogP contribution in [-0.4, -0.2) is 43.3 Å². The highest BCUT2D eigenvalue weighted by Gasteiger charge is 2.47. The Kier molecular flexibility index (Phi) is 3.77. The fourth-order valence-corrected chi connectivity index (χ4v) is 3.33. The summed E-state index contributed by atoms with van der Waals surface area (Å²) in [6.07, 6.45) is 5.82. The van der Waals surface area contributed by atoms with Gasteiger partial charge in [0.2, 0.25) is 0 Å². The predicted molar refractivity (Wildman–Crippen MR) is 65.9 cm³/mol. The Morgan fingerprint density at radius 1 is 1.25 bits per heavy atom. The first kappa shape index (κ1) is 12.6. The SMILES string of the molecule is Cl.FC1CNCCC1N1CCCC2(CC2)C1. The van der Waals surface area contributed by atoms with Crippen molar-refractivity contribution < 1.29 is 4.39 Å². The van der Waals surface area contributed by atoms with E-state index in [2.05, 4.69) is 10.2 Å². The molecule has 2 saturated heterocycles. The lowest BCUT2D eigenvalue weighted by molar-refractivity contribution is 0.0440. The molecule has 16 heavy (non-hydrogen) atoms. The van der Waals surface area contributed by atoms with Crippen molar-refractivity contribution in [2.75, 3.05) is 26.2 Å². The lowest BCUT2D eigenvalue weighted by Gasteiger charge is -2.41. The van der Waals surface area contributed by atoms with Crippen LogP contribution in [-0.2, 0) is 0 Å². The average molecular weight is 249 g/mol. The van der Waals surface area contributed by atoms with Gasteiger partial charge in [0.25, 0.3) is 0 Å². The molecule has 1 N–H and O–H groups in total. The lowest BCUT2D eigenvalue weighted by atomic mass is 9.91. The van der Waals surface area contributed by atoms with Crippen molar-refractivity contribution in [3.05, 3.63) is 0 Å². The van der Waals surface area contributed by atoms with Gasteiger partial charge in [0.15, 0.2) is 0 Å². The van der Waals surface area contributed by atoms with E-state index in [1.54, 1.807) is 0 Å². The molecular weight excluding hydrogens is 227 g/mol. The van der Waals surface area contributed by atoms with Crippen molar-refractivity contribution in [2.45, 2.75) is 44.3 Å². The van der Waals surface area contributed by atoms with Crippen LogP contribution in [0.15, 0.2) is 0 Å². The van der Waals surface area contributed by atoms with Crippen LogP contribution in [0.3, 0.4) is 0 Å². The Morgan fingerprint density at radius 2 is 2.06 bits per heavy atom. The molecule has 0 bridgehead atoms. The minimum atomic E-state index is -0.646. The van der Waals surface area contributed by atoms with E-state index >= 15 is 0 Å².